The second kappa shape index (κ2) is 8.08. The number of nitrogens with one attached hydrogen (secondary N) is 1. The van der Waals surface area contributed by atoms with Crippen molar-refractivity contribution in [1.82, 2.24) is 5.32 Å². The molecule has 2 N–H and O–H groups in total. The van der Waals surface area contributed by atoms with Crippen LogP contribution in [0.1, 0.15) is 37.5 Å². The zero-order chi connectivity index (χ0) is 19.3. The SMILES string of the molecule is CC(C)(C)C(O)CNC(c1ccccc1)(c1ccccc1)c1ccccc1. The minimum atomic E-state index is -0.532. The van der Waals surface area contributed by atoms with Crippen LogP contribution >= 0.6 is 0 Å². The molecule has 2 nitrogen and oxygen atoms in total. The van der Waals surface area contributed by atoms with Crippen molar-refractivity contribution in [2.75, 3.05) is 6.54 Å². The smallest absolute Gasteiger partial charge is 0.0948 e. The molecule has 0 aliphatic carbocycles. The van der Waals surface area contributed by atoms with E-state index in [1.165, 1.54) is 0 Å². The van der Waals surface area contributed by atoms with Gasteiger partial charge in [-0.25, -0.2) is 0 Å². The van der Waals surface area contributed by atoms with E-state index in [0.29, 0.717) is 6.54 Å². The largest absolute Gasteiger partial charge is 0.391 e. The van der Waals surface area contributed by atoms with Crippen molar-refractivity contribution in [3.8, 4) is 0 Å². The fourth-order valence-electron chi connectivity index (χ4n) is 3.43. The van der Waals surface area contributed by atoms with Crippen LogP contribution in [0.5, 0.6) is 0 Å². The van der Waals surface area contributed by atoms with Gasteiger partial charge in [0.25, 0.3) is 0 Å². The third-order valence-corrected chi connectivity index (χ3v) is 5.18. The maximum absolute atomic E-state index is 10.7. The molecular formula is C25H29NO. The summed E-state index contributed by atoms with van der Waals surface area (Å²) in [5.74, 6) is 0. The molecule has 0 amide bonds. The fourth-order valence-corrected chi connectivity index (χ4v) is 3.43. The zero-order valence-corrected chi connectivity index (χ0v) is 16.4. The van der Waals surface area contributed by atoms with Crippen LogP contribution in [0, 0.1) is 5.41 Å². The first kappa shape index (κ1) is 19.3. The maximum Gasteiger partial charge on any atom is 0.0948 e. The van der Waals surface area contributed by atoms with Crippen molar-refractivity contribution < 1.29 is 5.11 Å². The monoisotopic (exact) mass is 359 g/mol. The molecule has 2 heteroatoms. The van der Waals surface area contributed by atoms with Gasteiger partial charge < -0.3 is 5.11 Å². The molecule has 0 heterocycles. The van der Waals surface area contributed by atoms with Crippen LogP contribution in [0.25, 0.3) is 0 Å². The Morgan fingerprint density at radius 1 is 0.667 bits per heavy atom. The van der Waals surface area contributed by atoms with Crippen LogP contribution in [0.3, 0.4) is 0 Å². The summed E-state index contributed by atoms with van der Waals surface area (Å²) in [5.41, 5.74) is 2.74. The van der Waals surface area contributed by atoms with Gasteiger partial charge in [0.1, 0.15) is 0 Å². The predicted molar refractivity (Wildman–Crippen MR) is 113 cm³/mol. The van der Waals surface area contributed by atoms with Gasteiger partial charge in [-0.2, -0.15) is 0 Å². The summed E-state index contributed by atoms with van der Waals surface area (Å²) in [6, 6.07) is 31.4. The normalized spacial score (nSPS) is 13.3. The first-order valence-corrected chi connectivity index (χ1v) is 9.54. The van der Waals surface area contributed by atoms with Crippen molar-refractivity contribution in [2.45, 2.75) is 32.4 Å². The topological polar surface area (TPSA) is 32.3 Å². The fraction of sp³-hybridized carbons (Fsp3) is 0.280. The van der Waals surface area contributed by atoms with E-state index in [-0.39, 0.29) is 5.41 Å². The van der Waals surface area contributed by atoms with Gasteiger partial charge in [-0.3, -0.25) is 5.32 Å². The Labute approximate surface area is 162 Å². The maximum atomic E-state index is 10.7. The quantitative estimate of drug-likeness (QED) is 0.609. The Balaban J connectivity index is 2.17. The molecule has 3 aromatic carbocycles. The average Bonchev–Trinajstić information content (AvgIpc) is 2.70. The lowest BCUT2D eigenvalue weighted by Gasteiger charge is -2.39. The van der Waals surface area contributed by atoms with E-state index in [4.69, 9.17) is 0 Å². The van der Waals surface area contributed by atoms with Crippen molar-refractivity contribution in [1.29, 1.82) is 0 Å². The Hall–Kier alpha value is -2.42. The lowest BCUT2D eigenvalue weighted by molar-refractivity contribution is 0.0585. The summed E-state index contributed by atoms with van der Waals surface area (Å²) >= 11 is 0. The molecule has 3 rings (SSSR count). The molecule has 0 aliphatic rings. The number of aliphatic hydroxyl groups excluding tert-OH is 1. The highest BCUT2D eigenvalue weighted by Gasteiger charge is 2.37. The van der Waals surface area contributed by atoms with Crippen LogP contribution < -0.4 is 5.32 Å². The van der Waals surface area contributed by atoms with Crippen molar-refractivity contribution in [3.63, 3.8) is 0 Å². The molecule has 0 aromatic heterocycles. The van der Waals surface area contributed by atoms with Gasteiger partial charge in [0, 0.05) is 6.54 Å². The standard InChI is InChI=1S/C25H29NO/c1-24(2,3)23(27)19-26-25(20-13-7-4-8-14-20,21-15-9-5-10-16-21)22-17-11-6-12-18-22/h4-18,23,26-27H,19H2,1-3H3. The molecule has 3 aromatic rings. The molecule has 0 spiro atoms. The van der Waals surface area contributed by atoms with Crippen molar-refractivity contribution in [2.24, 2.45) is 5.41 Å². The van der Waals surface area contributed by atoms with Crippen LogP contribution in [0.2, 0.25) is 0 Å². The van der Waals surface area contributed by atoms with E-state index in [2.05, 4.69) is 98.9 Å². The second-order valence-electron chi connectivity index (χ2n) is 8.11. The molecule has 0 fully saturated rings. The molecule has 0 saturated carbocycles. The summed E-state index contributed by atoms with van der Waals surface area (Å²) in [4.78, 5) is 0. The second-order valence-corrected chi connectivity index (χ2v) is 8.11. The Morgan fingerprint density at radius 3 is 1.30 bits per heavy atom. The van der Waals surface area contributed by atoms with Gasteiger partial charge in [0.15, 0.2) is 0 Å². The number of rotatable bonds is 6. The van der Waals surface area contributed by atoms with Gasteiger partial charge in [0.2, 0.25) is 0 Å². The van der Waals surface area contributed by atoms with E-state index in [9.17, 15) is 5.11 Å². The number of hydrogen-bond acceptors (Lipinski definition) is 2. The highest BCUT2D eigenvalue weighted by atomic mass is 16.3. The number of benzene rings is 3. The van der Waals surface area contributed by atoms with E-state index in [1.54, 1.807) is 0 Å². The number of aliphatic hydroxyl groups is 1. The minimum absolute atomic E-state index is 0.192. The van der Waals surface area contributed by atoms with E-state index >= 15 is 0 Å². The van der Waals surface area contributed by atoms with Gasteiger partial charge in [-0.15, -0.1) is 0 Å². The highest BCUT2D eigenvalue weighted by molar-refractivity contribution is 5.49. The lowest BCUT2D eigenvalue weighted by atomic mass is 9.76. The molecule has 27 heavy (non-hydrogen) atoms. The average molecular weight is 360 g/mol. The summed E-state index contributed by atoms with van der Waals surface area (Å²) in [7, 11) is 0. The molecule has 0 bridgehead atoms. The van der Waals surface area contributed by atoms with Crippen LogP contribution in [-0.2, 0) is 5.54 Å². The molecule has 0 aliphatic heterocycles. The van der Waals surface area contributed by atoms with Crippen molar-refractivity contribution >= 4 is 0 Å². The predicted octanol–water partition coefficient (Wildman–Crippen LogP) is 4.98. The van der Waals surface area contributed by atoms with Gasteiger partial charge >= 0.3 is 0 Å². The molecule has 140 valence electrons. The van der Waals surface area contributed by atoms with E-state index < -0.39 is 11.6 Å². The third-order valence-electron chi connectivity index (χ3n) is 5.18. The van der Waals surface area contributed by atoms with E-state index in [0.717, 1.165) is 16.7 Å². The van der Waals surface area contributed by atoms with Gasteiger partial charge in [-0.05, 0) is 22.1 Å². The lowest BCUT2D eigenvalue weighted by Crippen LogP contribution is -2.49. The third kappa shape index (κ3) is 4.13. The van der Waals surface area contributed by atoms with Gasteiger partial charge in [0.05, 0.1) is 11.6 Å². The molecular weight excluding hydrogens is 330 g/mol. The number of hydrogen-bond donors (Lipinski definition) is 2. The first-order valence-electron chi connectivity index (χ1n) is 9.54. The summed E-state index contributed by atoms with van der Waals surface area (Å²) in [6.07, 6.45) is -0.465. The van der Waals surface area contributed by atoms with Gasteiger partial charge in [-0.1, -0.05) is 112 Å². The molecule has 1 unspecified atom stereocenters. The first-order chi connectivity index (χ1) is 12.9. The summed E-state index contributed by atoms with van der Waals surface area (Å²) < 4.78 is 0. The Bertz CT molecular complexity index is 726. The zero-order valence-electron chi connectivity index (χ0n) is 16.4. The van der Waals surface area contributed by atoms with Crippen LogP contribution in [0.4, 0.5) is 0 Å². The van der Waals surface area contributed by atoms with Crippen molar-refractivity contribution in [3.05, 3.63) is 108 Å². The minimum Gasteiger partial charge on any atom is -0.391 e. The van der Waals surface area contributed by atoms with E-state index in [1.807, 2.05) is 18.2 Å². The Morgan fingerprint density at radius 2 is 1.00 bits per heavy atom. The highest BCUT2D eigenvalue weighted by Crippen LogP contribution is 2.37. The summed E-state index contributed by atoms with van der Waals surface area (Å²) in [5, 5.41) is 14.5. The van der Waals surface area contributed by atoms with Crippen LogP contribution in [-0.4, -0.2) is 17.8 Å². The van der Waals surface area contributed by atoms with Crippen LogP contribution in [0.15, 0.2) is 91.0 Å². The molecule has 0 saturated heterocycles. The Kier molecular flexibility index (Phi) is 5.79. The molecule has 1 atom stereocenters. The summed E-state index contributed by atoms with van der Waals surface area (Å²) in [6.45, 7) is 6.68. The molecule has 0 radical (unpaired) electrons.